The highest BCUT2D eigenvalue weighted by molar-refractivity contribution is 5.91. The molecule has 2 heterocycles. The Morgan fingerprint density at radius 2 is 1.81 bits per heavy atom. The van der Waals surface area contributed by atoms with Gasteiger partial charge in [-0.3, -0.25) is 0 Å². The molecule has 1 aromatic carbocycles. The van der Waals surface area contributed by atoms with Crippen LogP contribution in [0.2, 0.25) is 0 Å². The van der Waals surface area contributed by atoms with Crippen LogP contribution in [0.3, 0.4) is 0 Å². The Bertz CT molecular complexity index is 998. The average molecular weight is 497 g/mol. The van der Waals surface area contributed by atoms with Crippen molar-refractivity contribution < 1.29 is 28.9 Å². The Kier molecular flexibility index (Phi) is 7.03. The maximum atomic E-state index is 13.4. The molecule has 196 valence electrons. The number of carbonyl (C=O) groups is 2. The zero-order valence-electron chi connectivity index (χ0n) is 21.8. The van der Waals surface area contributed by atoms with Gasteiger partial charge in [0.25, 0.3) is 0 Å². The molecule has 0 amide bonds. The summed E-state index contributed by atoms with van der Waals surface area (Å²) >= 11 is 0. The molecule has 2 bridgehead atoms. The van der Waals surface area contributed by atoms with Gasteiger partial charge in [0.1, 0.15) is 30.0 Å². The topological polar surface area (TPSA) is 82.1 Å². The van der Waals surface area contributed by atoms with Gasteiger partial charge in [-0.1, -0.05) is 56.5 Å². The molecule has 4 fully saturated rings. The van der Waals surface area contributed by atoms with E-state index in [0.717, 1.165) is 49.7 Å². The zero-order valence-corrected chi connectivity index (χ0v) is 21.8. The van der Waals surface area contributed by atoms with Crippen LogP contribution in [0.25, 0.3) is 5.57 Å². The highest BCUT2D eigenvalue weighted by Crippen LogP contribution is 2.64. The number of carbonyl (C=O) groups excluding carboxylic acids is 2. The molecule has 7 atom stereocenters. The molecule has 1 aromatic rings. The summed E-state index contributed by atoms with van der Waals surface area (Å²) < 4.78 is 19.4. The molecule has 2 saturated heterocycles. The van der Waals surface area contributed by atoms with Crippen LogP contribution in [0, 0.1) is 23.7 Å². The number of aliphatic hydroxyl groups is 1. The Morgan fingerprint density at radius 1 is 1.08 bits per heavy atom. The number of hydrogen-bond donors (Lipinski definition) is 1. The van der Waals surface area contributed by atoms with E-state index in [1.165, 1.54) is 6.42 Å². The fourth-order valence-electron chi connectivity index (χ4n) is 7.95. The standard InChI is InChI=1S/C30H40O6/c1-19-14-15-23-27(19)28(35-25(32)16-20(2)21-10-6-4-7-11-21)30(22-12-8-5-9-13-22)17-24(29(23,3)36-30)34-26(33)18-31/h4,6-7,10-11,16,19,22-24,27-28,31H,5,8-9,12-15,17-18H2,1-3H3/b20-16+/t19-,23-,24-,27?,28+,29+,30-/m1/s1. The Hall–Kier alpha value is -2.18. The molecule has 6 nitrogen and oxygen atoms in total. The van der Waals surface area contributed by atoms with Crippen LogP contribution in [0.4, 0.5) is 0 Å². The maximum Gasteiger partial charge on any atom is 0.332 e. The summed E-state index contributed by atoms with van der Waals surface area (Å²) in [7, 11) is 0. The highest BCUT2D eigenvalue weighted by Gasteiger charge is 2.73. The first-order chi connectivity index (χ1) is 17.3. The quantitative estimate of drug-likeness (QED) is 0.437. The predicted molar refractivity (Wildman–Crippen MR) is 136 cm³/mol. The van der Waals surface area contributed by atoms with Crippen molar-refractivity contribution in [2.75, 3.05) is 6.61 Å². The number of fused-ring (bicyclic) bond motifs is 4. The smallest absolute Gasteiger partial charge is 0.332 e. The zero-order chi connectivity index (χ0) is 25.5. The minimum absolute atomic E-state index is 0.125. The average Bonchev–Trinajstić information content (AvgIpc) is 3.40. The molecule has 2 saturated carbocycles. The number of rotatable bonds is 6. The number of ether oxygens (including phenoxy) is 3. The summed E-state index contributed by atoms with van der Waals surface area (Å²) in [6.07, 6.45) is 8.76. The number of allylic oxidation sites excluding steroid dienone is 1. The normalized spacial score (nSPS) is 38.4. The van der Waals surface area contributed by atoms with E-state index in [9.17, 15) is 14.7 Å². The van der Waals surface area contributed by atoms with Gasteiger partial charge in [0.05, 0.1) is 0 Å². The van der Waals surface area contributed by atoms with E-state index in [4.69, 9.17) is 14.2 Å². The number of benzene rings is 1. The van der Waals surface area contributed by atoms with Crippen LogP contribution < -0.4 is 0 Å². The van der Waals surface area contributed by atoms with Crippen molar-refractivity contribution in [1.29, 1.82) is 0 Å². The second-order valence-corrected chi connectivity index (χ2v) is 11.7. The summed E-state index contributed by atoms with van der Waals surface area (Å²) in [5.74, 6) is -0.0520. The van der Waals surface area contributed by atoms with Crippen LogP contribution in [-0.2, 0) is 23.8 Å². The number of aliphatic hydroxyl groups excluding tert-OH is 1. The molecule has 1 unspecified atom stereocenters. The van der Waals surface area contributed by atoms with E-state index >= 15 is 0 Å². The molecule has 2 aliphatic heterocycles. The molecule has 0 aromatic heterocycles. The third-order valence-corrected chi connectivity index (χ3v) is 9.68. The van der Waals surface area contributed by atoms with E-state index in [1.807, 2.05) is 37.3 Å². The summed E-state index contributed by atoms with van der Waals surface area (Å²) in [5.41, 5.74) is 0.537. The van der Waals surface area contributed by atoms with Gasteiger partial charge >= 0.3 is 11.9 Å². The number of hydrogen-bond acceptors (Lipinski definition) is 6. The molecule has 6 heteroatoms. The van der Waals surface area contributed by atoms with Crippen molar-refractivity contribution in [2.24, 2.45) is 23.7 Å². The Balaban J connectivity index is 1.52. The molecule has 0 radical (unpaired) electrons. The van der Waals surface area contributed by atoms with E-state index in [2.05, 4.69) is 13.8 Å². The van der Waals surface area contributed by atoms with Gasteiger partial charge in [-0.25, -0.2) is 9.59 Å². The molecule has 0 spiro atoms. The third-order valence-electron chi connectivity index (χ3n) is 9.68. The van der Waals surface area contributed by atoms with E-state index < -0.39 is 29.9 Å². The van der Waals surface area contributed by atoms with Crippen LogP contribution in [-0.4, -0.2) is 47.1 Å². The molecule has 4 aliphatic rings. The van der Waals surface area contributed by atoms with E-state index in [-0.39, 0.29) is 29.8 Å². The van der Waals surface area contributed by atoms with Crippen LogP contribution in [0.5, 0.6) is 0 Å². The van der Waals surface area contributed by atoms with Crippen molar-refractivity contribution in [3.05, 3.63) is 42.0 Å². The first kappa shape index (κ1) is 25.5. The fourth-order valence-corrected chi connectivity index (χ4v) is 7.95. The van der Waals surface area contributed by atoms with Gasteiger partial charge < -0.3 is 19.3 Å². The van der Waals surface area contributed by atoms with Crippen molar-refractivity contribution in [2.45, 2.75) is 95.5 Å². The summed E-state index contributed by atoms with van der Waals surface area (Å²) in [4.78, 5) is 25.6. The van der Waals surface area contributed by atoms with Gasteiger partial charge in [-0.2, -0.15) is 0 Å². The highest BCUT2D eigenvalue weighted by atomic mass is 16.6. The minimum atomic E-state index is -0.681. The van der Waals surface area contributed by atoms with Gasteiger partial charge in [0.15, 0.2) is 0 Å². The van der Waals surface area contributed by atoms with Gasteiger partial charge in [0.2, 0.25) is 0 Å². The lowest BCUT2D eigenvalue weighted by atomic mass is 9.66. The second kappa shape index (κ2) is 9.94. The SMILES string of the molecule is C/C(=C\C(=O)O[C@H]1C2[C@H](C)CC[C@H]2[C@]2(C)O[C@@]1(C1CCCCC1)C[C@H]2OC(=O)CO)c1ccccc1. The molecule has 1 N–H and O–H groups in total. The molecule has 5 rings (SSSR count). The minimum Gasteiger partial charge on any atom is -0.457 e. The molecule has 2 aliphatic carbocycles. The fraction of sp³-hybridized carbons (Fsp3) is 0.667. The van der Waals surface area contributed by atoms with Gasteiger partial charge in [0, 0.05) is 18.4 Å². The van der Waals surface area contributed by atoms with Crippen molar-refractivity contribution in [1.82, 2.24) is 0 Å². The first-order valence-corrected chi connectivity index (χ1v) is 13.7. The van der Waals surface area contributed by atoms with Crippen LogP contribution >= 0.6 is 0 Å². The monoisotopic (exact) mass is 496 g/mol. The molecular formula is C30H40O6. The molecule has 36 heavy (non-hydrogen) atoms. The van der Waals surface area contributed by atoms with Crippen molar-refractivity contribution in [3.63, 3.8) is 0 Å². The lowest BCUT2D eigenvalue weighted by Crippen LogP contribution is -2.63. The Morgan fingerprint density at radius 3 is 2.50 bits per heavy atom. The second-order valence-electron chi connectivity index (χ2n) is 11.7. The predicted octanol–water partition coefficient (Wildman–Crippen LogP) is 5.08. The lowest BCUT2D eigenvalue weighted by molar-refractivity contribution is -0.270. The number of esters is 2. The molecular weight excluding hydrogens is 456 g/mol. The van der Waals surface area contributed by atoms with Crippen molar-refractivity contribution >= 4 is 17.5 Å². The van der Waals surface area contributed by atoms with Crippen molar-refractivity contribution in [3.8, 4) is 0 Å². The lowest BCUT2D eigenvalue weighted by Gasteiger charge is -2.54. The van der Waals surface area contributed by atoms with E-state index in [0.29, 0.717) is 12.3 Å². The maximum absolute atomic E-state index is 13.4. The Labute approximate surface area is 214 Å². The summed E-state index contributed by atoms with van der Waals surface area (Å²) in [6.45, 7) is 5.63. The first-order valence-electron chi connectivity index (χ1n) is 13.7. The van der Waals surface area contributed by atoms with Gasteiger partial charge in [-0.05, 0) is 68.4 Å². The van der Waals surface area contributed by atoms with E-state index in [1.54, 1.807) is 6.08 Å². The van der Waals surface area contributed by atoms with Crippen LogP contribution in [0.1, 0.15) is 77.7 Å². The third kappa shape index (κ3) is 4.30. The van der Waals surface area contributed by atoms with Gasteiger partial charge in [-0.15, -0.1) is 0 Å². The largest absolute Gasteiger partial charge is 0.457 e. The summed E-state index contributed by atoms with van der Waals surface area (Å²) in [5, 5.41) is 9.42. The van der Waals surface area contributed by atoms with Crippen LogP contribution in [0.15, 0.2) is 36.4 Å². The summed E-state index contributed by atoms with van der Waals surface area (Å²) in [6, 6.07) is 9.86.